The molecule has 0 spiro atoms. The van der Waals surface area contributed by atoms with Crippen LogP contribution in [0, 0.1) is 0 Å². The number of rotatable bonds is 4. The highest BCUT2D eigenvalue weighted by atomic mass is 16.3. The molecule has 1 aromatic heterocycles. The van der Waals surface area contributed by atoms with E-state index in [0.29, 0.717) is 0 Å². The van der Waals surface area contributed by atoms with Crippen LogP contribution in [-0.2, 0) is 0 Å². The van der Waals surface area contributed by atoms with Gasteiger partial charge in [0.2, 0.25) is 0 Å². The first-order chi connectivity index (χ1) is 18.8. The maximum absolute atomic E-state index is 6.25. The summed E-state index contributed by atoms with van der Waals surface area (Å²) in [4.78, 5) is 0. The summed E-state index contributed by atoms with van der Waals surface area (Å²) in [5.74, 6) is 0.802. The monoisotopic (exact) mass is 486 g/mol. The van der Waals surface area contributed by atoms with E-state index in [-0.39, 0.29) is 0 Å². The largest absolute Gasteiger partial charge is 0.456 e. The summed E-state index contributed by atoms with van der Waals surface area (Å²) in [6, 6.07) is 39.5. The van der Waals surface area contributed by atoms with Gasteiger partial charge in [0.25, 0.3) is 0 Å². The van der Waals surface area contributed by atoms with Crippen LogP contribution in [0.15, 0.2) is 126 Å². The molecule has 180 valence electrons. The summed E-state index contributed by atoms with van der Waals surface area (Å²) < 4.78 is 6.25. The molecule has 0 amide bonds. The van der Waals surface area contributed by atoms with Crippen molar-refractivity contribution < 1.29 is 4.42 Å². The topological polar surface area (TPSA) is 13.1 Å². The van der Waals surface area contributed by atoms with Crippen molar-refractivity contribution >= 4 is 55.4 Å². The van der Waals surface area contributed by atoms with Gasteiger partial charge in [-0.2, -0.15) is 0 Å². The van der Waals surface area contributed by atoms with Gasteiger partial charge in [0, 0.05) is 10.9 Å². The average Bonchev–Trinajstić information content (AvgIpc) is 3.32. The zero-order valence-electron chi connectivity index (χ0n) is 21.2. The van der Waals surface area contributed by atoms with Crippen molar-refractivity contribution in [3.63, 3.8) is 0 Å². The van der Waals surface area contributed by atoms with Crippen LogP contribution >= 0.6 is 0 Å². The highest BCUT2D eigenvalue weighted by Gasteiger charge is 2.18. The van der Waals surface area contributed by atoms with Gasteiger partial charge in [0.15, 0.2) is 0 Å². The molecule has 0 fully saturated rings. The van der Waals surface area contributed by atoms with Gasteiger partial charge in [0.1, 0.15) is 11.3 Å². The molecule has 7 aromatic rings. The molecule has 1 heterocycles. The first-order valence-electron chi connectivity index (χ1n) is 13.0. The molecule has 7 rings (SSSR count). The summed E-state index contributed by atoms with van der Waals surface area (Å²) in [6.45, 7) is 5.98. The van der Waals surface area contributed by atoms with Crippen LogP contribution < -0.4 is 0 Å². The van der Waals surface area contributed by atoms with E-state index >= 15 is 0 Å². The molecule has 0 saturated heterocycles. The molecule has 0 atom stereocenters. The van der Waals surface area contributed by atoms with Crippen molar-refractivity contribution in [3.8, 4) is 22.3 Å². The minimum absolute atomic E-state index is 0.802. The standard InChI is InChI=1S/C37H26O/c1-3-11-28-29-21-20-27(23-35(29)38-34(28)4-2)37-32-16-9-7-14-30(32)36(31-15-8-10-17-33(31)37)26-19-18-24-12-5-6-13-25(24)22-26/h3-23H,2H2,1H3/b11-3-. The summed E-state index contributed by atoms with van der Waals surface area (Å²) in [6.07, 6.45) is 5.92. The van der Waals surface area contributed by atoms with Gasteiger partial charge >= 0.3 is 0 Å². The van der Waals surface area contributed by atoms with E-state index < -0.39 is 0 Å². The second kappa shape index (κ2) is 8.90. The molecule has 0 N–H and O–H groups in total. The van der Waals surface area contributed by atoms with Crippen LogP contribution in [0.5, 0.6) is 0 Å². The summed E-state index contributed by atoms with van der Waals surface area (Å²) in [5, 5.41) is 8.57. The van der Waals surface area contributed by atoms with E-state index in [1.54, 1.807) is 6.08 Å². The lowest BCUT2D eigenvalue weighted by molar-refractivity contribution is 0.603. The van der Waals surface area contributed by atoms with Crippen LogP contribution in [-0.4, -0.2) is 0 Å². The summed E-state index contributed by atoms with van der Waals surface area (Å²) in [5.41, 5.74) is 6.82. The minimum atomic E-state index is 0.802. The van der Waals surface area contributed by atoms with E-state index in [2.05, 4.69) is 122 Å². The number of hydrogen-bond donors (Lipinski definition) is 0. The Hall–Kier alpha value is -4.88. The van der Waals surface area contributed by atoms with Crippen molar-refractivity contribution in [2.75, 3.05) is 0 Å². The molecule has 0 aliphatic carbocycles. The number of benzene rings is 6. The lowest BCUT2D eigenvalue weighted by atomic mass is 9.85. The quantitative estimate of drug-likeness (QED) is 0.225. The molecule has 0 bridgehead atoms. The van der Waals surface area contributed by atoms with E-state index in [9.17, 15) is 0 Å². The van der Waals surface area contributed by atoms with Gasteiger partial charge in [-0.3, -0.25) is 0 Å². The third kappa shape index (κ3) is 3.40. The predicted octanol–water partition coefficient (Wildman–Crippen LogP) is 10.9. The van der Waals surface area contributed by atoms with Crippen LogP contribution in [0.25, 0.3) is 77.7 Å². The van der Waals surface area contributed by atoms with Crippen molar-refractivity contribution in [3.05, 3.63) is 133 Å². The molecular weight excluding hydrogens is 460 g/mol. The van der Waals surface area contributed by atoms with Crippen molar-refractivity contribution in [1.82, 2.24) is 0 Å². The molecular formula is C37H26O. The number of furan rings is 1. The normalized spacial score (nSPS) is 11.8. The van der Waals surface area contributed by atoms with E-state index in [1.165, 1.54) is 49.0 Å². The zero-order chi connectivity index (χ0) is 25.6. The van der Waals surface area contributed by atoms with Crippen molar-refractivity contribution in [2.24, 2.45) is 0 Å². The Bertz CT molecular complexity index is 1990. The van der Waals surface area contributed by atoms with Gasteiger partial charge in [-0.15, -0.1) is 0 Å². The lowest BCUT2D eigenvalue weighted by Gasteiger charge is -2.18. The minimum Gasteiger partial charge on any atom is -0.456 e. The van der Waals surface area contributed by atoms with Gasteiger partial charge in [0.05, 0.1) is 0 Å². The first-order valence-corrected chi connectivity index (χ1v) is 13.0. The molecule has 0 aliphatic rings. The fourth-order valence-corrected chi connectivity index (χ4v) is 5.88. The third-order valence-electron chi connectivity index (χ3n) is 7.53. The maximum atomic E-state index is 6.25. The number of hydrogen-bond acceptors (Lipinski definition) is 1. The van der Waals surface area contributed by atoms with Gasteiger partial charge < -0.3 is 4.42 Å². The summed E-state index contributed by atoms with van der Waals surface area (Å²) >= 11 is 0. The highest BCUT2D eigenvalue weighted by molar-refractivity contribution is 6.22. The Labute approximate surface area is 222 Å². The van der Waals surface area contributed by atoms with Crippen LogP contribution in [0.3, 0.4) is 0 Å². The Morgan fingerprint density at radius 3 is 1.74 bits per heavy atom. The molecule has 6 aromatic carbocycles. The van der Waals surface area contributed by atoms with Crippen LogP contribution in [0.1, 0.15) is 18.2 Å². The van der Waals surface area contributed by atoms with Gasteiger partial charge in [-0.25, -0.2) is 0 Å². The molecule has 0 saturated carbocycles. The zero-order valence-corrected chi connectivity index (χ0v) is 21.2. The maximum Gasteiger partial charge on any atom is 0.136 e. The lowest BCUT2D eigenvalue weighted by Crippen LogP contribution is -1.91. The Kier molecular flexibility index (Phi) is 5.23. The van der Waals surface area contributed by atoms with E-state index in [4.69, 9.17) is 4.42 Å². The van der Waals surface area contributed by atoms with Crippen molar-refractivity contribution in [1.29, 1.82) is 0 Å². The number of fused-ring (bicyclic) bond motifs is 4. The molecule has 1 nitrogen and oxygen atoms in total. The van der Waals surface area contributed by atoms with Crippen molar-refractivity contribution in [2.45, 2.75) is 6.92 Å². The fourth-order valence-electron chi connectivity index (χ4n) is 5.88. The van der Waals surface area contributed by atoms with Crippen LogP contribution in [0.2, 0.25) is 0 Å². The Morgan fingerprint density at radius 2 is 1.13 bits per heavy atom. The molecule has 0 radical (unpaired) electrons. The second-order valence-corrected chi connectivity index (χ2v) is 9.70. The average molecular weight is 487 g/mol. The predicted molar refractivity (Wildman–Crippen MR) is 164 cm³/mol. The Balaban J connectivity index is 1.56. The third-order valence-corrected chi connectivity index (χ3v) is 7.53. The molecule has 38 heavy (non-hydrogen) atoms. The van der Waals surface area contributed by atoms with E-state index in [0.717, 1.165) is 27.9 Å². The second-order valence-electron chi connectivity index (χ2n) is 9.70. The van der Waals surface area contributed by atoms with E-state index in [1.807, 2.05) is 13.0 Å². The fraction of sp³-hybridized carbons (Fsp3) is 0.0270. The van der Waals surface area contributed by atoms with Gasteiger partial charge in [-0.05, 0) is 85.8 Å². The number of allylic oxidation sites excluding steroid dienone is 1. The highest BCUT2D eigenvalue weighted by Crippen LogP contribution is 2.45. The van der Waals surface area contributed by atoms with Gasteiger partial charge in [-0.1, -0.05) is 110 Å². The molecule has 0 aliphatic heterocycles. The first kappa shape index (κ1) is 22.3. The molecule has 0 unspecified atom stereocenters. The Morgan fingerprint density at radius 1 is 0.579 bits per heavy atom. The van der Waals surface area contributed by atoms with Crippen LogP contribution in [0.4, 0.5) is 0 Å². The smallest absolute Gasteiger partial charge is 0.136 e. The SMILES string of the molecule is C=Cc1oc2cc(-c3c4ccccc4c(-c4ccc5ccccc5c4)c4ccccc34)ccc2c1/C=C\C. The molecule has 1 heteroatoms. The summed E-state index contributed by atoms with van der Waals surface area (Å²) in [7, 11) is 0.